The number of likely N-dealkylation sites (N-methyl/N-ethyl adjacent to an activating group) is 1. The zero-order valence-corrected chi connectivity index (χ0v) is 15.9. The van der Waals surface area contributed by atoms with E-state index in [9.17, 15) is 28.1 Å². The maximum Gasteiger partial charge on any atom is 0.416 e. The Morgan fingerprint density at radius 3 is 2.50 bits per heavy atom. The molecule has 28 heavy (non-hydrogen) atoms. The lowest BCUT2D eigenvalue weighted by atomic mass is 10.0. The summed E-state index contributed by atoms with van der Waals surface area (Å²) in [6.07, 6.45) is -4.47. The summed E-state index contributed by atoms with van der Waals surface area (Å²) in [5.74, 6) is -0.395. The van der Waals surface area contributed by atoms with Gasteiger partial charge < -0.3 is 4.90 Å². The summed E-state index contributed by atoms with van der Waals surface area (Å²) in [7, 11) is 0. The minimum absolute atomic E-state index is 0.151. The average molecular weight is 398 g/mol. The van der Waals surface area contributed by atoms with Gasteiger partial charge in [0.25, 0.3) is 0 Å². The highest BCUT2D eigenvalue weighted by molar-refractivity contribution is 5.76. The fourth-order valence-corrected chi connectivity index (χ4v) is 3.15. The van der Waals surface area contributed by atoms with Gasteiger partial charge >= 0.3 is 11.9 Å². The number of halogens is 3. The minimum atomic E-state index is -4.47. The van der Waals surface area contributed by atoms with E-state index in [0.717, 1.165) is 12.1 Å². The predicted octanol–water partition coefficient (Wildman–Crippen LogP) is 4.04. The highest BCUT2D eigenvalue weighted by Crippen LogP contribution is 2.32. The van der Waals surface area contributed by atoms with E-state index in [0.29, 0.717) is 5.56 Å². The first-order chi connectivity index (χ1) is 13.0. The molecule has 0 aliphatic carbocycles. The van der Waals surface area contributed by atoms with Crippen LogP contribution in [0.1, 0.15) is 42.4 Å². The Bertz CT molecular complexity index is 893. The van der Waals surface area contributed by atoms with Gasteiger partial charge in [-0.3, -0.25) is 19.6 Å². The zero-order chi connectivity index (χ0) is 21.2. The van der Waals surface area contributed by atoms with Crippen molar-refractivity contribution in [1.82, 2.24) is 14.7 Å². The van der Waals surface area contributed by atoms with E-state index < -0.39 is 28.6 Å². The maximum atomic E-state index is 13.0. The number of nitro groups is 1. The third-order valence-electron chi connectivity index (χ3n) is 4.64. The topological polar surface area (TPSA) is 81.3 Å². The zero-order valence-electron chi connectivity index (χ0n) is 15.9. The van der Waals surface area contributed by atoms with Crippen LogP contribution in [-0.4, -0.2) is 32.1 Å². The monoisotopic (exact) mass is 398 g/mol. The smallest absolute Gasteiger partial charge is 0.335 e. The number of carbonyl (C=O) groups is 1. The molecule has 2 rings (SSSR count). The summed E-state index contributed by atoms with van der Waals surface area (Å²) in [6, 6.07) is 4.23. The molecule has 1 aromatic carbocycles. The summed E-state index contributed by atoms with van der Waals surface area (Å²) in [5.41, 5.74) is -0.136. The third-order valence-corrected chi connectivity index (χ3v) is 4.64. The molecule has 0 spiro atoms. The fourth-order valence-electron chi connectivity index (χ4n) is 3.15. The lowest BCUT2D eigenvalue weighted by molar-refractivity contribution is -0.386. The molecule has 2 aromatic rings. The van der Waals surface area contributed by atoms with Gasteiger partial charge in [0.15, 0.2) is 0 Å². The molecule has 0 bridgehead atoms. The van der Waals surface area contributed by atoms with Gasteiger partial charge in [0.05, 0.1) is 16.5 Å². The van der Waals surface area contributed by atoms with E-state index in [-0.39, 0.29) is 30.2 Å². The molecule has 1 heterocycles. The van der Waals surface area contributed by atoms with Crippen molar-refractivity contribution in [3.05, 3.63) is 56.9 Å². The molecule has 0 fully saturated rings. The van der Waals surface area contributed by atoms with Gasteiger partial charge in [-0.1, -0.05) is 12.1 Å². The minimum Gasteiger partial charge on any atom is -0.335 e. The second-order valence-corrected chi connectivity index (χ2v) is 6.41. The highest BCUT2D eigenvalue weighted by atomic mass is 19.4. The Morgan fingerprint density at radius 1 is 1.36 bits per heavy atom. The molecule has 10 heteroatoms. The number of hydrogen-bond acceptors (Lipinski definition) is 4. The molecule has 1 unspecified atom stereocenters. The largest absolute Gasteiger partial charge is 0.416 e. The van der Waals surface area contributed by atoms with Crippen molar-refractivity contribution in [2.75, 3.05) is 6.54 Å². The second-order valence-electron chi connectivity index (χ2n) is 6.41. The molecule has 1 atom stereocenters. The van der Waals surface area contributed by atoms with E-state index in [2.05, 4.69) is 5.10 Å². The van der Waals surface area contributed by atoms with Crippen molar-refractivity contribution in [2.24, 2.45) is 0 Å². The van der Waals surface area contributed by atoms with Gasteiger partial charge in [-0.25, -0.2) is 0 Å². The normalized spacial score (nSPS) is 12.7. The van der Waals surface area contributed by atoms with Crippen LogP contribution in [0.4, 0.5) is 18.9 Å². The maximum absolute atomic E-state index is 13.0. The molecule has 0 aliphatic heterocycles. The average Bonchev–Trinajstić information content (AvgIpc) is 2.88. The SMILES string of the molecule is CCN(C(=O)Cn1nc(C)c([N+](=O)[O-])c1C)C(C)c1cccc(C(F)(F)F)c1. The van der Waals surface area contributed by atoms with E-state index in [1.807, 2.05) is 0 Å². The molecule has 0 saturated carbocycles. The van der Waals surface area contributed by atoms with Gasteiger partial charge in [-0.15, -0.1) is 0 Å². The van der Waals surface area contributed by atoms with Gasteiger partial charge in [0, 0.05) is 6.54 Å². The van der Waals surface area contributed by atoms with E-state index >= 15 is 0 Å². The molecule has 0 N–H and O–H groups in total. The third kappa shape index (κ3) is 4.32. The number of hydrogen-bond donors (Lipinski definition) is 0. The summed E-state index contributed by atoms with van der Waals surface area (Å²) >= 11 is 0. The van der Waals surface area contributed by atoms with Gasteiger partial charge in [0.1, 0.15) is 17.9 Å². The second kappa shape index (κ2) is 7.99. The molecular formula is C18H21F3N4O3. The summed E-state index contributed by atoms with van der Waals surface area (Å²) < 4.78 is 40.1. The lowest BCUT2D eigenvalue weighted by Gasteiger charge is -2.29. The van der Waals surface area contributed by atoms with E-state index in [1.54, 1.807) is 13.8 Å². The molecule has 7 nitrogen and oxygen atoms in total. The van der Waals surface area contributed by atoms with Crippen molar-refractivity contribution >= 4 is 11.6 Å². The number of carbonyl (C=O) groups excluding carboxylic acids is 1. The first-order valence-electron chi connectivity index (χ1n) is 8.62. The summed E-state index contributed by atoms with van der Waals surface area (Å²) in [4.78, 5) is 24.7. The van der Waals surface area contributed by atoms with Crippen molar-refractivity contribution in [2.45, 2.75) is 46.5 Å². The molecule has 0 saturated heterocycles. The molecule has 152 valence electrons. The van der Waals surface area contributed by atoms with Crippen molar-refractivity contribution in [1.29, 1.82) is 0 Å². The van der Waals surface area contributed by atoms with Crippen LogP contribution in [0.15, 0.2) is 24.3 Å². The van der Waals surface area contributed by atoms with Crippen LogP contribution in [-0.2, 0) is 17.5 Å². The van der Waals surface area contributed by atoms with Crippen LogP contribution in [0.5, 0.6) is 0 Å². The van der Waals surface area contributed by atoms with Crippen molar-refractivity contribution < 1.29 is 22.9 Å². The summed E-state index contributed by atoms with van der Waals surface area (Å²) in [6.45, 7) is 6.36. The van der Waals surface area contributed by atoms with Crippen LogP contribution in [0, 0.1) is 24.0 Å². The molecule has 0 radical (unpaired) electrons. The first kappa shape index (κ1) is 21.4. The van der Waals surface area contributed by atoms with E-state index in [4.69, 9.17) is 0 Å². The fraction of sp³-hybridized carbons (Fsp3) is 0.444. The molecule has 0 aliphatic rings. The van der Waals surface area contributed by atoms with E-state index in [1.165, 1.54) is 35.6 Å². The lowest BCUT2D eigenvalue weighted by Crippen LogP contribution is -2.36. The van der Waals surface area contributed by atoms with Gasteiger partial charge in [0.2, 0.25) is 5.91 Å². The Labute approximate surface area is 159 Å². The number of aromatic nitrogens is 2. The van der Waals surface area contributed by atoms with Crippen LogP contribution >= 0.6 is 0 Å². The Balaban J connectivity index is 2.27. The molecular weight excluding hydrogens is 377 g/mol. The highest BCUT2D eigenvalue weighted by Gasteiger charge is 2.32. The van der Waals surface area contributed by atoms with Crippen LogP contribution in [0.25, 0.3) is 0 Å². The number of amides is 1. The van der Waals surface area contributed by atoms with Gasteiger partial charge in [-0.2, -0.15) is 18.3 Å². The number of alkyl halides is 3. The summed E-state index contributed by atoms with van der Waals surface area (Å²) in [5, 5.41) is 15.1. The standard InChI is InChI=1S/C18H21F3N4O3/c1-5-23(12(3)14-7-6-8-15(9-14)18(19,20)21)16(26)10-24-13(4)17(25(27)28)11(2)22-24/h6-9,12H,5,10H2,1-4H3. The van der Waals surface area contributed by atoms with Crippen LogP contribution in [0.3, 0.4) is 0 Å². The Kier molecular flexibility index (Phi) is 6.10. The quantitative estimate of drug-likeness (QED) is 0.543. The molecule has 1 amide bonds. The van der Waals surface area contributed by atoms with Crippen molar-refractivity contribution in [3.8, 4) is 0 Å². The first-order valence-corrected chi connectivity index (χ1v) is 8.62. The number of rotatable bonds is 6. The number of aryl methyl sites for hydroxylation is 1. The van der Waals surface area contributed by atoms with Crippen LogP contribution in [0.2, 0.25) is 0 Å². The number of benzene rings is 1. The number of nitrogens with zero attached hydrogens (tertiary/aromatic N) is 4. The van der Waals surface area contributed by atoms with Crippen LogP contribution < -0.4 is 0 Å². The predicted molar refractivity (Wildman–Crippen MR) is 95.6 cm³/mol. The van der Waals surface area contributed by atoms with Crippen molar-refractivity contribution in [3.63, 3.8) is 0 Å². The van der Waals surface area contributed by atoms with Gasteiger partial charge in [-0.05, 0) is 45.4 Å². The Hall–Kier alpha value is -2.91. The molecule has 1 aromatic heterocycles. The Morgan fingerprint density at radius 2 is 2.00 bits per heavy atom.